The van der Waals surface area contributed by atoms with Crippen LogP contribution in [0.25, 0.3) is 16.3 Å². The van der Waals surface area contributed by atoms with E-state index in [1.807, 2.05) is 24.5 Å². The van der Waals surface area contributed by atoms with Crippen LogP contribution in [-0.2, 0) is 4.79 Å². The van der Waals surface area contributed by atoms with Crippen molar-refractivity contribution in [2.45, 2.75) is 4.34 Å². The molecule has 0 atom stereocenters. The van der Waals surface area contributed by atoms with Gasteiger partial charge in [-0.25, -0.2) is 4.98 Å². The van der Waals surface area contributed by atoms with Gasteiger partial charge in [-0.2, -0.15) is 0 Å². The summed E-state index contributed by atoms with van der Waals surface area (Å²) >= 11 is 15.1. The largest absolute Gasteiger partial charge is 0.322 e. The van der Waals surface area contributed by atoms with Crippen molar-refractivity contribution in [3.05, 3.63) is 58.1 Å². The zero-order valence-corrected chi connectivity index (χ0v) is 15.7. The number of benzene rings is 2. The Morgan fingerprint density at radius 2 is 2.08 bits per heavy atom. The number of carbonyl (C=O) groups excluding carboxylic acids is 1. The van der Waals surface area contributed by atoms with Crippen molar-refractivity contribution in [2.75, 3.05) is 11.6 Å². The SMILES string of the molecule is CSc1nc2ccc(NC(=O)/C=C/c3ccc(Cl)cc3Cl)cc2s1. The van der Waals surface area contributed by atoms with E-state index >= 15 is 0 Å². The maximum Gasteiger partial charge on any atom is 0.248 e. The first-order chi connectivity index (χ1) is 11.5. The Kier molecular flexibility index (Phi) is 5.46. The third-order valence-corrected chi connectivity index (χ3v) is 5.75. The van der Waals surface area contributed by atoms with E-state index in [9.17, 15) is 4.79 Å². The molecular formula is C17H12Cl2N2OS2. The predicted octanol–water partition coefficient (Wildman–Crippen LogP) is 5.98. The van der Waals surface area contributed by atoms with E-state index in [-0.39, 0.29) is 5.91 Å². The van der Waals surface area contributed by atoms with Gasteiger partial charge in [0.25, 0.3) is 0 Å². The van der Waals surface area contributed by atoms with E-state index < -0.39 is 0 Å². The van der Waals surface area contributed by atoms with Gasteiger partial charge in [0.1, 0.15) is 0 Å². The smallest absolute Gasteiger partial charge is 0.248 e. The summed E-state index contributed by atoms with van der Waals surface area (Å²) in [6.07, 6.45) is 5.09. The zero-order valence-electron chi connectivity index (χ0n) is 12.5. The van der Waals surface area contributed by atoms with E-state index in [1.54, 1.807) is 47.4 Å². The Bertz CT molecular complexity index is 937. The highest BCUT2D eigenvalue weighted by atomic mass is 35.5. The van der Waals surface area contributed by atoms with Gasteiger partial charge in [-0.1, -0.05) is 41.0 Å². The summed E-state index contributed by atoms with van der Waals surface area (Å²) in [6.45, 7) is 0. The number of hydrogen-bond acceptors (Lipinski definition) is 4. The van der Waals surface area contributed by atoms with Gasteiger partial charge in [0.05, 0.1) is 10.2 Å². The van der Waals surface area contributed by atoms with Gasteiger partial charge in [-0.05, 0) is 48.2 Å². The fourth-order valence-electron chi connectivity index (χ4n) is 2.05. The Hall–Kier alpha value is -1.53. The summed E-state index contributed by atoms with van der Waals surface area (Å²) in [5, 5.41) is 3.90. The van der Waals surface area contributed by atoms with Gasteiger partial charge in [-0.15, -0.1) is 11.3 Å². The highest BCUT2D eigenvalue weighted by Crippen LogP contribution is 2.30. The average Bonchev–Trinajstić information content (AvgIpc) is 2.96. The number of aromatic nitrogens is 1. The quantitative estimate of drug-likeness (QED) is 0.437. The molecule has 1 heterocycles. The Labute approximate surface area is 157 Å². The number of hydrogen-bond donors (Lipinski definition) is 1. The van der Waals surface area contributed by atoms with Crippen LogP contribution in [-0.4, -0.2) is 17.1 Å². The number of fused-ring (bicyclic) bond motifs is 1. The van der Waals surface area contributed by atoms with Gasteiger partial charge < -0.3 is 5.32 Å². The number of nitrogens with zero attached hydrogens (tertiary/aromatic N) is 1. The van der Waals surface area contributed by atoms with Crippen LogP contribution in [0.3, 0.4) is 0 Å². The molecule has 0 unspecified atom stereocenters. The van der Waals surface area contributed by atoms with Crippen molar-refractivity contribution >= 4 is 74.2 Å². The summed E-state index contributed by atoms with van der Waals surface area (Å²) in [5.41, 5.74) is 2.40. The lowest BCUT2D eigenvalue weighted by Gasteiger charge is -2.02. The molecule has 122 valence electrons. The van der Waals surface area contributed by atoms with Crippen LogP contribution < -0.4 is 5.32 Å². The summed E-state index contributed by atoms with van der Waals surface area (Å²) in [7, 11) is 0. The topological polar surface area (TPSA) is 42.0 Å². The third kappa shape index (κ3) is 4.11. The molecule has 1 aromatic heterocycles. The molecule has 0 fully saturated rings. The van der Waals surface area contributed by atoms with Gasteiger partial charge in [0.15, 0.2) is 4.34 Å². The van der Waals surface area contributed by atoms with Crippen molar-refractivity contribution in [1.29, 1.82) is 0 Å². The summed E-state index contributed by atoms with van der Waals surface area (Å²) < 4.78 is 2.05. The highest BCUT2D eigenvalue weighted by Gasteiger charge is 2.05. The molecule has 3 nitrogen and oxygen atoms in total. The Morgan fingerprint density at radius 3 is 2.83 bits per heavy atom. The van der Waals surface area contributed by atoms with Crippen LogP contribution in [0.5, 0.6) is 0 Å². The fourth-order valence-corrected chi connectivity index (χ4v) is 4.05. The first-order valence-electron chi connectivity index (χ1n) is 6.94. The summed E-state index contributed by atoms with van der Waals surface area (Å²) in [5.74, 6) is -0.227. The molecule has 1 amide bonds. The lowest BCUT2D eigenvalue weighted by molar-refractivity contribution is -0.111. The van der Waals surface area contributed by atoms with E-state index in [2.05, 4.69) is 10.3 Å². The van der Waals surface area contributed by atoms with Crippen molar-refractivity contribution in [3.63, 3.8) is 0 Å². The minimum Gasteiger partial charge on any atom is -0.322 e. The van der Waals surface area contributed by atoms with Crippen LogP contribution in [0.1, 0.15) is 5.56 Å². The number of carbonyl (C=O) groups is 1. The second kappa shape index (κ2) is 7.57. The Morgan fingerprint density at radius 1 is 1.25 bits per heavy atom. The monoisotopic (exact) mass is 394 g/mol. The van der Waals surface area contributed by atoms with E-state index in [0.29, 0.717) is 10.0 Å². The van der Waals surface area contributed by atoms with Crippen LogP contribution >= 0.6 is 46.3 Å². The highest BCUT2D eigenvalue weighted by molar-refractivity contribution is 8.00. The molecule has 0 radical (unpaired) electrons. The summed E-state index contributed by atoms with van der Waals surface area (Å²) in [4.78, 5) is 16.6. The maximum atomic E-state index is 12.1. The molecule has 0 bridgehead atoms. The van der Waals surface area contributed by atoms with Crippen LogP contribution in [0.4, 0.5) is 5.69 Å². The second-order valence-electron chi connectivity index (χ2n) is 4.85. The number of anilines is 1. The molecule has 2 aromatic carbocycles. The lowest BCUT2D eigenvalue weighted by Crippen LogP contribution is -2.07. The van der Waals surface area contributed by atoms with Crippen molar-refractivity contribution in [1.82, 2.24) is 4.98 Å². The van der Waals surface area contributed by atoms with E-state index in [0.717, 1.165) is 25.8 Å². The molecule has 7 heteroatoms. The number of amides is 1. The standard InChI is InChI=1S/C17H12Cl2N2OS2/c1-23-17-21-14-6-5-12(9-15(14)24-17)20-16(22)7-3-10-2-4-11(18)8-13(10)19/h2-9H,1H3,(H,20,22)/b7-3+. The molecule has 24 heavy (non-hydrogen) atoms. The number of thioether (sulfide) groups is 1. The Balaban J connectivity index is 1.73. The molecule has 0 aliphatic heterocycles. The van der Waals surface area contributed by atoms with Gasteiger partial charge in [0.2, 0.25) is 5.91 Å². The number of rotatable bonds is 4. The normalized spacial score (nSPS) is 11.3. The van der Waals surface area contributed by atoms with E-state index in [1.165, 1.54) is 6.08 Å². The van der Waals surface area contributed by atoms with Gasteiger partial charge in [-0.3, -0.25) is 4.79 Å². The van der Waals surface area contributed by atoms with Crippen molar-refractivity contribution in [2.24, 2.45) is 0 Å². The predicted molar refractivity (Wildman–Crippen MR) is 106 cm³/mol. The minimum atomic E-state index is -0.227. The third-order valence-electron chi connectivity index (χ3n) is 3.19. The molecule has 0 saturated heterocycles. The number of halogens is 2. The molecule has 0 saturated carbocycles. The van der Waals surface area contributed by atoms with Crippen LogP contribution in [0, 0.1) is 0 Å². The molecule has 0 aliphatic carbocycles. The maximum absolute atomic E-state index is 12.1. The number of thiazole rings is 1. The molecule has 0 aliphatic rings. The average molecular weight is 395 g/mol. The minimum absolute atomic E-state index is 0.227. The molecular weight excluding hydrogens is 383 g/mol. The molecule has 3 rings (SSSR count). The summed E-state index contributed by atoms with van der Waals surface area (Å²) in [6, 6.07) is 10.8. The zero-order chi connectivity index (χ0) is 17.1. The van der Waals surface area contributed by atoms with Crippen molar-refractivity contribution < 1.29 is 4.79 Å². The van der Waals surface area contributed by atoms with Crippen molar-refractivity contribution in [3.8, 4) is 0 Å². The first kappa shape index (κ1) is 17.3. The lowest BCUT2D eigenvalue weighted by atomic mass is 10.2. The number of nitrogens with one attached hydrogen (secondary N) is 1. The van der Waals surface area contributed by atoms with Gasteiger partial charge >= 0.3 is 0 Å². The van der Waals surface area contributed by atoms with Crippen LogP contribution in [0.2, 0.25) is 10.0 Å². The van der Waals surface area contributed by atoms with E-state index in [4.69, 9.17) is 23.2 Å². The molecule has 3 aromatic rings. The molecule has 1 N–H and O–H groups in total. The van der Waals surface area contributed by atoms with Crippen LogP contribution in [0.15, 0.2) is 46.8 Å². The fraction of sp³-hybridized carbons (Fsp3) is 0.0588. The van der Waals surface area contributed by atoms with Gasteiger partial charge in [0, 0.05) is 21.8 Å². The molecule has 0 spiro atoms. The second-order valence-corrected chi connectivity index (χ2v) is 7.78. The first-order valence-corrected chi connectivity index (χ1v) is 9.73.